The predicted octanol–water partition coefficient (Wildman–Crippen LogP) is 8.56. The molecule has 16 aromatic rings. The first-order valence-electron chi connectivity index (χ1n) is 50.1. The van der Waals surface area contributed by atoms with Crippen LogP contribution in [0.1, 0.15) is 66.6 Å². The summed E-state index contributed by atoms with van der Waals surface area (Å²) in [5.41, 5.74) is 16.5. The number of ether oxygens (including phenoxy) is 2. The Kier molecular flexibility index (Phi) is 34.7. The van der Waals surface area contributed by atoms with Crippen molar-refractivity contribution in [2.75, 3.05) is 198 Å². The van der Waals surface area contributed by atoms with Gasteiger partial charge in [0.2, 0.25) is 5.90 Å². The van der Waals surface area contributed by atoms with Gasteiger partial charge in [0.25, 0.3) is 44.5 Å². The molecular formula is C108H131N29O10. The lowest BCUT2D eigenvalue weighted by Crippen LogP contribution is -2.37. The normalized spacial score (nSPS) is 14.7. The van der Waals surface area contributed by atoms with E-state index in [-0.39, 0.29) is 44.5 Å². The molecule has 768 valence electrons. The van der Waals surface area contributed by atoms with Crippen LogP contribution in [-0.2, 0) is 85.1 Å². The Bertz CT molecular complexity index is 8020. The van der Waals surface area contributed by atoms with Gasteiger partial charge in [-0.15, -0.1) is 0 Å². The average molecular weight is 2000 g/mol. The lowest BCUT2D eigenvalue weighted by Gasteiger charge is -2.26. The molecule has 7 aliphatic heterocycles. The van der Waals surface area contributed by atoms with E-state index in [1.165, 1.54) is 108 Å². The van der Waals surface area contributed by atoms with Crippen LogP contribution in [-0.4, -0.2) is 278 Å². The van der Waals surface area contributed by atoms with Gasteiger partial charge in [-0.3, -0.25) is 52.8 Å². The van der Waals surface area contributed by atoms with Gasteiger partial charge in [0.1, 0.15) is 18.3 Å². The van der Waals surface area contributed by atoms with Gasteiger partial charge in [-0.2, -0.15) is 0 Å². The first-order chi connectivity index (χ1) is 71.2. The Hall–Kier alpha value is -15.6. The van der Waals surface area contributed by atoms with Crippen LogP contribution in [0.25, 0.3) is 87.2 Å². The number of aliphatic imine (C=N–C) groups is 2. The maximum atomic E-state index is 12.3. The standard InChI is InChI=1S/C16H22N4O2.C16H22N4O.C15H20N4O.C14H20N4O.C13H14N4O.C12H11N3O2.2C11H11N3O/c1-19-12-18-15-11-13(3-4-14(15)16(19)21)17-5-2-6-20-7-9-22-10-8-20;1-19-12-18-15-11-13(5-6-14(15)16(19)21)17-7-4-10-20-8-2-3-9-20;1-18-11-17-14-10-12(4-5-13(14)15(18)20)16-6-9-19-7-2-3-8-19;1-15-10-5-6-11-12(9-10)16-13(7-8-17(2)3)18(4)14(11)19;1-16-6-5-14-12(16)9-3-4-10-11(7-9)15-8-17(2)13(10)18;1-15-7-14-10-6-8(11-13-4-5-17-11)2-3-9(10)12(15)16;1-14-6-13-10-5-9-7(2-3-12-9)4-8(10)11(14)15;1-14-6-13-10-7-4-5-12-9(7)3-2-8(10)11(14)15/h3-4,11-12,17H,2,5-10H2,1H3;5-6,11-12,17H,2-4,7-10H2,1H3;4-5,10-11,16H,2-3,6-9H2,1H3;5-6,9,15H,7-8H2,1-4H3;3-4,7-8H,5-6H2,1-2H3;2-3,6-7H,4-5H2,1H3;4-6,12H,2-3H2,1H3;2-3,6,12H,4-5H2,1H3. The number of fused-ring (bicyclic) bond motifs is 11. The van der Waals surface area contributed by atoms with E-state index in [0.717, 1.165) is 219 Å². The summed E-state index contributed by atoms with van der Waals surface area (Å²) in [7, 11) is 21.7. The molecule has 3 saturated heterocycles. The monoisotopic (exact) mass is 1990 g/mol. The highest BCUT2D eigenvalue weighted by Crippen LogP contribution is 2.30. The van der Waals surface area contributed by atoms with Crippen molar-refractivity contribution in [3.8, 4) is 0 Å². The summed E-state index contributed by atoms with van der Waals surface area (Å²) >= 11 is 0. The van der Waals surface area contributed by atoms with Gasteiger partial charge >= 0.3 is 0 Å². The van der Waals surface area contributed by atoms with Crippen molar-refractivity contribution in [1.82, 2.24) is 101 Å². The molecule has 0 radical (unpaired) electrons. The zero-order chi connectivity index (χ0) is 103. The van der Waals surface area contributed by atoms with Crippen LogP contribution in [0.3, 0.4) is 0 Å². The van der Waals surface area contributed by atoms with Crippen molar-refractivity contribution < 1.29 is 9.47 Å². The van der Waals surface area contributed by atoms with Crippen molar-refractivity contribution in [2.24, 2.45) is 66.4 Å². The van der Waals surface area contributed by atoms with Gasteiger partial charge in [0.15, 0.2) is 0 Å². The number of rotatable bonds is 20. The Morgan fingerprint density at radius 2 is 0.789 bits per heavy atom. The van der Waals surface area contributed by atoms with Crippen molar-refractivity contribution in [3.05, 3.63) is 289 Å². The maximum absolute atomic E-state index is 12.3. The second kappa shape index (κ2) is 48.9. The molecule has 7 aliphatic rings. The molecule has 0 bridgehead atoms. The number of likely N-dealkylation sites (N-methyl/N-ethyl adjacent to an activating group) is 2. The number of likely N-dealkylation sites (tertiary alicyclic amines) is 2. The molecule has 3 fully saturated rings. The minimum absolute atomic E-state index is 0.000540. The van der Waals surface area contributed by atoms with Gasteiger partial charge in [0.05, 0.1) is 158 Å². The average Bonchev–Trinajstić information content (AvgIpc) is 1.66. The van der Waals surface area contributed by atoms with E-state index in [0.29, 0.717) is 67.7 Å². The smallest absolute Gasteiger partial charge is 0.261 e. The lowest BCUT2D eigenvalue weighted by atomic mass is 10.1. The highest BCUT2D eigenvalue weighted by atomic mass is 16.5. The second-order valence-electron chi connectivity index (χ2n) is 37.8. The maximum Gasteiger partial charge on any atom is 0.261 e. The number of hydrogen-bond donors (Lipinski definition) is 6. The molecule has 0 atom stereocenters. The Morgan fingerprint density at radius 3 is 1.28 bits per heavy atom. The summed E-state index contributed by atoms with van der Waals surface area (Å²) in [6.45, 7) is 20.7. The molecule has 6 N–H and O–H groups in total. The highest BCUT2D eigenvalue weighted by molar-refractivity contribution is 6.02. The van der Waals surface area contributed by atoms with E-state index in [1.54, 1.807) is 105 Å². The van der Waals surface area contributed by atoms with E-state index in [4.69, 9.17) is 9.47 Å². The summed E-state index contributed by atoms with van der Waals surface area (Å²) in [5.74, 6) is 2.42. The Balaban J connectivity index is 0.000000120. The van der Waals surface area contributed by atoms with Gasteiger partial charge in [-0.25, -0.2) is 44.9 Å². The molecule has 23 rings (SSSR count). The molecule has 0 amide bonds. The van der Waals surface area contributed by atoms with Crippen molar-refractivity contribution in [2.45, 2.75) is 57.8 Å². The number of benzene rings is 8. The van der Waals surface area contributed by atoms with Gasteiger partial charge < -0.3 is 92.9 Å². The fourth-order valence-corrected chi connectivity index (χ4v) is 18.4. The molecule has 0 unspecified atom stereocenters. The number of anilines is 6. The third-order valence-electron chi connectivity index (χ3n) is 26.9. The third-order valence-corrected chi connectivity index (χ3v) is 26.9. The van der Waals surface area contributed by atoms with Gasteiger partial charge in [-0.05, 0) is 238 Å². The minimum Gasteiger partial charge on any atom is -0.476 e. The largest absolute Gasteiger partial charge is 0.476 e. The van der Waals surface area contributed by atoms with Crippen LogP contribution in [0, 0.1) is 0 Å². The fraction of sp³-hybridized carbons (Fsp3) is 0.389. The topological polar surface area (TPSA) is 411 Å². The second-order valence-corrected chi connectivity index (χ2v) is 37.8. The van der Waals surface area contributed by atoms with Crippen LogP contribution in [0.2, 0.25) is 0 Å². The molecule has 0 spiro atoms. The third kappa shape index (κ3) is 25.9. The lowest BCUT2D eigenvalue weighted by molar-refractivity contribution is 0.0378. The van der Waals surface area contributed by atoms with Crippen LogP contribution in [0.15, 0.2) is 226 Å². The number of hydrogen-bond acceptors (Lipinski definition) is 31. The molecular weight excluding hydrogens is 1860 g/mol. The van der Waals surface area contributed by atoms with E-state index in [1.807, 2.05) is 156 Å². The summed E-state index contributed by atoms with van der Waals surface area (Å²) in [5, 5.41) is 25.2. The van der Waals surface area contributed by atoms with E-state index in [9.17, 15) is 38.4 Å². The zero-order valence-electron chi connectivity index (χ0n) is 85.8. The molecule has 8 aromatic heterocycles. The van der Waals surface area contributed by atoms with Crippen LogP contribution in [0.5, 0.6) is 0 Å². The first kappa shape index (κ1) is 104. The number of aromatic nitrogens is 16. The molecule has 8 aromatic carbocycles. The van der Waals surface area contributed by atoms with E-state index in [2.05, 4.69) is 106 Å². The summed E-state index contributed by atoms with van der Waals surface area (Å²) in [6.07, 6.45) is 21.2. The van der Waals surface area contributed by atoms with Crippen LogP contribution >= 0.6 is 0 Å². The van der Waals surface area contributed by atoms with Crippen molar-refractivity contribution >= 4 is 133 Å². The van der Waals surface area contributed by atoms with E-state index < -0.39 is 0 Å². The van der Waals surface area contributed by atoms with Gasteiger partial charge in [0, 0.05) is 193 Å². The molecule has 147 heavy (non-hydrogen) atoms. The van der Waals surface area contributed by atoms with Crippen molar-refractivity contribution in [1.29, 1.82) is 0 Å². The molecule has 39 nitrogen and oxygen atoms in total. The fourth-order valence-electron chi connectivity index (χ4n) is 18.4. The summed E-state index contributed by atoms with van der Waals surface area (Å²) in [4.78, 5) is 150. The first-order valence-corrected chi connectivity index (χ1v) is 50.1. The van der Waals surface area contributed by atoms with Gasteiger partial charge in [-0.1, -0.05) is 6.07 Å². The quantitative estimate of drug-likeness (QED) is 0.0389. The number of aryl methyl sites for hydroxylation is 7. The zero-order valence-corrected chi connectivity index (χ0v) is 85.8. The van der Waals surface area contributed by atoms with Crippen LogP contribution in [0.4, 0.5) is 34.1 Å². The highest BCUT2D eigenvalue weighted by Gasteiger charge is 2.22. The summed E-state index contributed by atoms with van der Waals surface area (Å²) < 4.78 is 22.8. The van der Waals surface area contributed by atoms with E-state index >= 15 is 0 Å². The molecule has 15 heterocycles. The predicted molar refractivity (Wildman–Crippen MR) is 587 cm³/mol. The molecule has 39 heteroatoms. The minimum atomic E-state index is -0.0455. The number of nitrogens with zero attached hydrogens (tertiary/aromatic N) is 23. The SMILES string of the molecule is CN1CCN=C1c1ccc2c(=O)n(C)cnc2c1.CNc1ccc2c(=O)n(C)c(CCN(C)C)nc2c1.Cn1cnc2c3c(ccc2c1=O)NCC3.Cn1cnc2cc(C3=NCCO3)ccc2c1=O.Cn1cnc2cc(NCCCN3CCCC3)ccc2c1=O.Cn1cnc2cc(NCCCN3CCOCC3)ccc2c1=O.Cn1cnc2cc(NCCN3CCCC3)ccc2c1=O.Cn1cnc2cc3c(cc2c1=O)CCN3. The summed E-state index contributed by atoms with van der Waals surface area (Å²) in [6, 6.07) is 41.7. The number of morpholine rings is 1. The number of amidine groups is 1. The Labute approximate surface area is 849 Å². The Morgan fingerprint density at radius 1 is 0.374 bits per heavy atom. The van der Waals surface area contributed by atoms with Crippen LogP contribution < -0.4 is 76.4 Å². The number of nitrogens with one attached hydrogen (secondary N) is 6. The molecule has 0 aliphatic carbocycles. The molecule has 0 saturated carbocycles. The van der Waals surface area contributed by atoms with Crippen molar-refractivity contribution in [3.63, 3.8) is 0 Å².